The molecule has 0 bridgehead atoms. The molecule has 26 heavy (non-hydrogen) atoms. The highest BCUT2D eigenvalue weighted by atomic mass is 16.2. The van der Waals surface area contributed by atoms with E-state index in [2.05, 4.69) is 64.9 Å². The van der Waals surface area contributed by atoms with Crippen molar-refractivity contribution in [2.45, 2.75) is 45.3 Å². The molecule has 136 valence electrons. The van der Waals surface area contributed by atoms with Gasteiger partial charge in [-0.25, -0.2) is 0 Å². The van der Waals surface area contributed by atoms with Crippen LogP contribution in [0.4, 0.5) is 5.69 Å². The minimum Gasteiger partial charge on any atom is -0.373 e. The zero-order valence-electron chi connectivity index (χ0n) is 15.4. The van der Waals surface area contributed by atoms with Crippen molar-refractivity contribution in [3.63, 3.8) is 0 Å². The lowest BCUT2D eigenvalue weighted by atomic mass is 10.1. The lowest BCUT2D eigenvalue weighted by molar-refractivity contribution is -0.121. The average Bonchev–Trinajstić information content (AvgIpc) is 3.30. The molecule has 2 aliphatic rings. The smallest absolute Gasteiger partial charge is 0.243 e. The minimum atomic E-state index is -0.168. The van der Waals surface area contributed by atoms with Gasteiger partial charge in [-0.05, 0) is 55.1 Å². The molecule has 4 nitrogen and oxygen atoms in total. The first kappa shape index (κ1) is 17.1. The highest BCUT2D eigenvalue weighted by Gasteiger charge is 2.27. The van der Waals surface area contributed by atoms with Crippen molar-refractivity contribution < 1.29 is 4.79 Å². The highest BCUT2D eigenvalue weighted by molar-refractivity contribution is 5.87. The zero-order chi connectivity index (χ0) is 17.9. The molecule has 0 aliphatic carbocycles. The molecule has 4 rings (SSSR count). The topological polar surface area (TPSA) is 44.4 Å². The van der Waals surface area contributed by atoms with Gasteiger partial charge < -0.3 is 10.6 Å². The van der Waals surface area contributed by atoms with Gasteiger partial charge >= 0.3 is 0 Å². The predicted octanol–water partition coefficient (Wildman–Crippen LogP) is 3.24. The maximum atomic E-state index is 12.6. The minimum absolute atomic E-state index is 0.0746. The van der Waals surface area contributed by atoms with E-state index in [0.29, 0.717) is 6.54 Å². The van der Waals surface area contributed by atoms with Crippen molar-refractivity contribution in [1.82, 2.24) is 10.2 Å². The molecule has 0 spiro atoms. The molecule has 2 aliphatic heterocycles. The van der Waals surface area contributed by atoms with E-state index in [0.717, 1.165) is 18.7 Å². The number of rotatable bonds is 5. The first-order valence-corrected chi connectivity index (χ1v) is 9.62. The number of carbonyl (C=O) groups is 1. The Kier molecular flexibility index (Phi) is 4.93. The summed E-state index contributed by atoms with van der Waals surface area (Å²) in [7, 11) is 0. The van der Waals surface area contributed by atoms with E-state index in [1.807, 2.05) is 0 Å². The number of anilines is 1. The summed E-state index contributed by atoms with van der Waals surface area (Å²) in [4.78, 5) is 15.1. The molecule has 0 aromatic heterocycles. The van der Waals surface area contributed by atoms with Crippen molar-refractivity contribution in [2.24, 2.45) is 0 Å². The Bertz CT molecular complexity index is 796. The van der Waals surface area contributed by atoms with Gasteiger partial charge in [0.2, 0.25) is 5.91 Å². The predicted molar refractivity (Wildman–Crippen MR) is 105 cm³/mol. The van der Waals surface area contributed by atoms with Crippen LogP contribution in [0.15, 0.2) is 42.5 Å². The highest BCUT2D eigenvalue weighted by Crippen LogP contribution is 2.29. The number of aryl methyl sites for hydroxylation is 1. The monoisotopic (exact) mass is 349 g/mol. The van der Waals surface area contributed by atoms with Gasteiger partial charge in [-0.1, -0.05) is 42.5 Å². The number of nitrogens with one attached hydrogen (secondary N) is 2. The largest absolute Gasteiger partial charge is 0.373 e. The van der Waals surface area contributed by atoms with E-state index in [9.17, 15) is 4.79 Å². The van der Waals surface area contributed by atoms with Crippen LogP contribution in [0.1, 0.15) is 35.1 Å². The summed E-state index contributed by atoms with van der Waals surface area (Å²) in [5, 5.41) is 6.48. The van der Waals surface area contributed by atoms with E-state index in [1.54, 1.807) is 0 Å². The van der Waals surface area contributed by atoms with Crippen LogP contribution >= 0.6 is 0 Å². The third-order valence-corrected chi connectivity index (χ3v) is 5.48. The molecular formula is C22H27N3O. The van der Waals surface area contributed by atoms with E-state index >= 15 is 0 Å². The third kappa shape index (κ3) is 3.75. The lowest BCUT2D eigenvalue weighted by Gasteiger charge is -2.16. The van der Waals surface area contributed by atoms with Crippen LogP contribution in [-0.2, 0) is 24.3 Å². The van der Waals surface area contributed by atoms with Crippen LogP contribution in [0.2, 0.25) is 0 Å². The molecule has 2 N–H and O–H groups in total. The molecule has 0 saturated carbocycles. The van der Waals surface area contributed by atoms with Crippen LogP contribution in [0.5, 0.6) is 0 Å². The molecular weight excluding hydrogens is 322 g/mol. The van der Waals surface area contributed by atoms with E-state index in [1.165, 1.54) is 48.2 Å². The Morgan fingerprint density at radius 2 is 1.92 bits per heavy atom. The van der Waals surface area contributed by atoms with Crippen LogP contribution < -0.4 is 10.6 Å². The molecule has 4 heteroatoms. The van der Waals surface area contributed by atoms with Crippen LogP contribution in [0.3, 0.4) is 0 Å². The maximum absolute atomic E-state index is 12.6. The molecule has 1 amide bonds. The second kappa shape index (κ2) is 7.50. The average molecular weight is 349 g/mol. The number of para-hydroxylation sites is 1. The van der Waals surface area contributed by atoms with Crippen molar-refractivity contribution in [3.8, 4) is 0 Å². The SMILES string of the molecule is Cc1cccc2c1NC(C(=O)NCc1cccc(CN3CCCC3)c1)C2. The quantitative estimate of drug-likeness (QED) is 0.871. The number of nitrogens with zero attached hydrogens (tertiary/aromatic N) is 1. The van der Waals surface area contributed by atoms with E-state index in [-0.39, 0.29) is 11.9 Å². The standard InChI is InChI=1S/C22H27N3O/c1-16-6-4-9-19-13-20(24-21(16)19)22(26)23-14-17-7-5-8-18(12-17)15-25-10-2-3-11-25/h4-9,12,20,24H,2-3,10-11,13-15H2,1H3,(H,23,26). The second-order valence-corrected chi connectivity index (χ2v) is 7.53. The summed E-state index contributed by atoms with van der Waals surface area (Å²) in [6.45, 7) is 6.08. The molecule has 2 aromatic carbocycles. The summed E-state index contributed by atoms with van der Waals surface area (Å²) >= 11 is 0. The number of carbonyl (C=O) groups excluding carboxylic acids is 1. The molecule has 2 heterocycles. The van der Waals surface area contributed by atoms with Gasteiger partial charge in [-0.3, -0.25) is 9.69 Å². The van der Waals surface area contributed by atoms with Gasteiger partial charge in [-0.15, -0.1) is 0 Å². The Balaban J connectivity index is 1.33. The fraction of sp³-hybridized carbons (Fsp3) is 0.409. The van der Waals surface area contributed by atoms with Crippen molar-refractivity contribution in [1.29, 1.82) is 0 Å². The van der Waals surface area contributed by atoms with Crippen molar-refractivity contribution in [3.05, 3.63) is 64.7 Å². The van der Waals surface area contributed by atoms with Gasteiger partial charge in [0.15, 0.2) is 0 Å². The van der Waals surface area contributed by atoms with Crippen molar-refractivity contribution in [2.75, 3.05) is 18.4 Å². The summed E-state index contributed by atoms with van der Waals surface area (Å²) in [5.74, 6) is 0.0746. The van der Waals surface area contributed by atoms with Crippen LogP contribution in [0, 0.1) is 6.92 Å². The first-order chi connectivity index (χ1) is 12.7. The van der Waals surface area contributed by atoms with Gasteiger partial charge in [-0.2, -0.15) is 0 Å². The number of fused-ring (bicyclic) bond motifs is 1. The number of hydrogen-bond acceptors (Lipinski definition) is 3. The molecule has 1 unspecified atom stereocenters. The molecule has 2 aromatic rings. The number of hydrogen-bond donors (Lipinski definition) is 2. The Morgan fingerprint density at radius 3 is 2.73 bits per heavy atom. The Labute approximate surface area is 155 Å². The Morgan fingerprint density at radius 1 is 1.15 bits per heavy atom. The van der Waals surface area contributed by atoms with Gasteiger partial charge in [0, 0.05) is 25.2 Å². The Hall–Kier alpha value is -2.33. The molecule has 1 atom stereocenters. The van der Waals surface area contributed by atoms with Crippen molar-refractivity contribution >= 4 is 11.6 Å². The van der Waals surface area contributed by atoms with E-state index in [4.69, 9.17) is 0 Å². The van der Waals surface area contributed by atoms with Crippen LogP contribution in [0.25, 0.3) is 0 Å². The zero-order valence-corrected chi connectivity index (χ0v) is 15.4. The molecule has 1 saturated heterocycles. The normalized spacial score (nSPS) is 19.2. The van der Waals surface area contributed by atoms with Gasteiger partial charge in [0.25, 0.3) is 0 Å². The third-order valence-electron chi connectivity index (χ3n) is 5.48. The molecule has 1 fully saturated rings. The first-order valence-electron chi connectivity index (χ1n) is 9.62. The van der Waals surface area contributed by atoms with Crippen LogP contribution in [-0.4, -0.2) is 29.9 Å². The second-order valence-electron chi connectivity index (χ2n) is 7.53. The number of amides is 1. The maximum Gasteiger partial charge on any atom is 0.243 e. The van der Waals surface area contributed by atoms with E-state index < -0.39 is 0 Å². The fourth-order valence-electron chi connectivity index (χ4n) is 4.06. The summed E-state index contributed by atoms with van der Waals surface area (Å²) in [6.07, 6.45) is 3.38. The number of benzene rings is 2. The van der Waals surface area contributed by atoms with Gasteiger partial charge in [0.05, 0.1) is 0 Å². The fourth-order valence-corrected chi connectivity index (χ4v) is 4.06. The molecule has 0 radical (unpaired) electrons. The lowest BCUT2D eigenvalue weighted by Crippen LogP contribution is -2.38. The summed E-state index contributed by atoms with van der Waals surface area (Å²) < 4.78 is 0. The summed E-state index contributed by atoms with van der Waals surface area (Å²) in [6, 6.07) is 14.7. The summed E-state index contributed by atoms with van der Waals surface area (Å²) in [5.41, 5.74) is 6.06. The van der Waals surface area contributed by atoms with Gasteiger partial charge in [0.1, 0.15) is 6.04 Å². The number of likely N-dealkylation sites (tertiary alicyclic amines) is 1.